The van der Waals surface area contributed by atoms with Crippen molar-refractivity contribution in [3.05, 3.63) is 76.5 Å². The van der Waals surface area contributed by atoms with Crippen LogP contribution < -0.4 is 5.56 Å². The van der Waals surface area contributed by atoms with Crippen LogP contribution in [0.1, 0.15) is 30.4 Å². The van der Waals surface area contributed by atoms with Gasteiger partial charge < -0.3 is 4.40 Å². The first-order chi connectivity index (χ1) is 13.6. The molecule has 0 aliphatic carbocycles. The summed E-state index contributed by atoms with van der Waals surface area (Å²) in [5.41, 5.74) is 2.32. The summed E-state index contributed by atoms with van der Waals surface area (Å²) in [6.45, 7) is 1.55. The first-order valence-electron chi connectivity index (χ1n) is 9.43. The number of imidazole rings is 1. The average Bonchev–Trinajstić information content (AvgIpc) is 3.31. The lowest BCUT2D eigenvalue weighted by Gasteiger charge is -2.24. The molecule has 0 saturated carbocycles. The number of para-hydroxylation sites is 1. The summed E-state index contributed by atoms with van der Waals surface area (Å²) in [6.07, 6.45) is 5.28. The Morgan fingerprint density at radius 1 is 1.14 bits per heavy atom. The zero-order valence-corrected chi connectivity index (χ0v) is 15.5. The zero-order chi connectivity index (χ0) is 19.3. The van der Waals surface area contributed by atoms with E-state index in [1.165, 1.54) is 12.3 Å². The predicted molar refractivity (Wildman–Crippen MR) is 105 cm³/mol. The van der Waals surface area contributed by atoms with E-state index in [-0.39, 0.29) is 17.4 Å². The lowest BCUT2D eigenvalue weighted by atomic mass is 10.1. The first-order valence-corrected chi connectivity index (χ1v) is 9.43. The zero-order valence-electron chi connectivity index (χ0n) is 15.5. The van der Waals surface area contributed by atoms with E-state index < -0.39 is 0 Å². The fraction of sp³-hybridized carbons (Fsp3) is 0.286. The Kier molecular flexibility index (Phi) is 3.98. The highest BCUT2D eigenvalue weighted by atomic mass is 19.1. The van der Waals surface area contributed by atoms with E-state index in [1.807, 2.05) is 30.5 Å². The van der Waals surface area contributed by atoms with Gasteiger partial charge in [-0.15, -0.1) is 0 Å². The van der Waals surface area contributed by atoms with E-state index in [1.54, 1.807) is 22.1 Å². The van der Waals surface area contributed by atoms with E-state index in [0.29, 0.717) is 11.9 Å². The van der Waals surface area contributed by atoms with Gasteiger partial charge in [-0.1, -0.05) is 12.1 Å². The van der Waals surface area contributed by atoms with Gasteiger partial charge in [-0.05, 0) is 43.7 Å². The number of fused-ring (bicyclic) bond motifs is 2. The fourth-order valence-electron chi connectivity index (χ4n) is 4.14. The van der Waals surface area contributed by atoms with Crippen molar-refractivity contribution in [2.75, 3.05) is 6.54 Å². The molecular weight excluding hydrogens is 357 g/mol. The van der Waals surface area contributed by atoms with Crippen LogP contribution in [-0.4, -0.2) is 30.4 Å². The molecule has 1 saturated heterocycles. The molecule has 0 radical (unpaired) electrons. The molecule has 7 heteroatoms. The van der Waals surface area contributed by atoms with E-state index in [4.69, 9.17) is 4.98 Å². The maximum Gasteiger partial charge on any atom is 0.261 e. The van der Waals surface area contributed by atoms with Crippen LogP contribution in [0.2, 0.25) is 0 Å². The highest BCUT2D eigenvalue weighted by Crippen LogP contribution is 2.32. The van der Waals surface area contributed by atoms with Crippen LogP contribution in [-0.2, 0) is 13.6 Å². The van der Waals surface area contributed by atoms with E-state index in [2.05, 4.69) is 9.88 Å². The van der Waals surface area contributed by atoms with Crippen LogP contribution in [0.4, 0.5) is 4.39 Å². The molecular formula is C21H20FN5O. The Bertz CT molecular complexity index is 1240. The molecule has 3 aromatic heterocycles. The van der Waals surface area contributed by atoms with Crippen molar-refractivity contribution in [3.63, 3.8) is 0 Å². The SMILES string of the molecule is Cn1c(C2CCCN2Cc2cn3cc(F)ccc3n2)nc2ccccc2c1=O. The maximum absolute atomic E-state index is 13.4. The highest BCUT2D eigenvalue weighted by Gasteiger charge is 2.30. The number of benzene rings is 1. The summed E-state index contributed by atoms with van der Waals surface area (Å²) in [5, 5.41) is 0.640. The van der Waals surface area contributed by atoms with E-state index >= 15 is 0 Å². The number of likely N-dealkylation sites (tertiary alicyclic amines) is 1. The molecule has 4 aromatic rings. The van der Waals surface area contributed by atoms with Gasteiger partial charge in [-0.3, -0.25) is 14.3 Å². The van der Waals surface area contributed by atoms with Gasteiger partial charge in [0.05, 0.1) is 22.6 Å². The second-order valence-electron chi connectivity index (χ2n) is 7.32. The molecule has 6 nitrogen and oxygen atoms in total. The Morgan fingerprint density at radius 3 is 2.89 bits per heavy atom. The normalized spacial score (nSPS) is 17.7. The number of rotatable bonds is 3. The van der Waals surface area contributed by atoms with Crippen LogP contribution in [0, 0.1) is 5.82 Å². The number of hydrogen-bond acceptors (Lipinski definition) is 4. The van der Waals surface area contributed by atoms with Gasteiger partial charge in [0.2, 0.25) is 0 Å². The standard InChI is InChI=1S/C21H20FN5O/c1-25-20(24-17-6-3-2-5-16(17)21(25)28)18-7-4-10-26(18)12-15-13-27-11-14(22)8-9-19(27)23-15/h2-3,5-6,8-9,11,13,18H,4,7,10,12H2,1H3. The maximum atomic E-state index is 13.4. The van der Waals surface area contributed by atoms with Crippen molar-refractivity contribution in [3.8, 4) is 0 Å². The third-order valence-electron chi connectivity index (χ3n) is 5.51. The van der Waals surface area contributed by atoms with Gasteiger partial charge in [0.25, 0.3) is 5.56 Å². The molecule has 142 valence electrons. The third-order valence-corrected chi connectivity index (χ3v) is 5.51. The number of hydrogen-bond donors (Lipinski definition) is 0. The second-order valence-corrected chi connectivity index (χ2v) is 7.32. The molecule has 0 spiro atoms. The summed E-state index contributed by atoms with van der Waals surface area (Å²) in [7, 11) is 1.79. The quantitative estimate of drug-likeness (QED) is 0.551. The van der Waals surface area contributed by atoms with E-state index in [9.17, 15) is 9.18 Å². The summed E-state index contributed by atoms with van der Waals surface area (Å²) >= 11 is 0. The molecule has 1 atom stereocenters. The molecule has 1 fully saturated rings. The molecule has 1 aromatic carbocycles. The summed E-state index contributed by atoms with van der Waals surface area (Å²) in [4.78, 5) is 24.5. The average molecular weight is 377 g/mol. The van der Waals surface area contributed by atoms with Gasteiger partial charge in [-0.25, -0.2) is 14.4 Å². The molecule has 1 aliphatic heterocycles. The summed E-state index contributed by atoms with van der Waals surface area (Å²) in [5.74, 6) is 0.502. The van der Waals surface area contributed by atoms with Crippen LogP contribution in [0.3, 0.4) is 0 Å². The number of aromatic nitrogens is 4. The minimum absolute atomic E-state index is 0.0179. The first kappa shape index (κ1) is 17.1. The lowest BCUT2D eigenvalue weighted by Crippen LogP contribution is -2.30. The van der Waals surface area contributed by atoms with Gasteiger partial charge in [0.1, 0.15) is 17.3 Å². The number of pyridine rings is 1. The van der Waals surface area contributed by atoms with E-state index in [0.717, 1.165) is 42.1 Å². The molecule has 5 rings (SSSR count). The smallest absolute Gasteiger partial charge is 0.261 e. The largest absolute Gasteiger partial charge is 0.304 e. The van der Waals surface area contributed by atoms with Crippen LogP contribution in [0.5, 0.6) is 0 Å². The molecule has 0 N–H and O–H groups in total. The number of halogens is 1. The Hall–Kier alpha value is -3.06. The van der Waals surface area contributed by atoms with Gasteiger partial charge >= 0.3 is 0 Å². The monoisotopic (exact) mass is 377 g/mol. The molecule has 1 unspecified atom stereocenters. The summed E-state index contributed by atoms with van der Waals surface area (Å²) < 4.78 is 16.8. The van der Waals surface area contributed by atoms with Crippen molar-refractivity contribution in [1.29, 1.82) is 0 Å². The van der Waals surface area contributed by atoms with Gasteiger partial charge in [-0.2, -0.15) is 0 Å². The molecule has 1 aliphatic rings. The molecule has 28 heavy (non-hydrogen) atoms. The minimum Gasteiger partial charge on any atom is -0.304 e. The minimum atomic E-state index is -0.286. The Balaban J connectivity index is 1.50. The predicted octanol–water partition coefficient (Wildman–Crippen LogP) is 3.06. The van der Waals surface area contributed by atoms with Crippen LogP contribution in [0.15, 0.2) is 53.6 Å². The molecule has 4 heterocycles. The van der Waals surface area contributed by atoms with Crippen LogP contribution in [0.25, 0.3) is 16.6 Å². The number of nitrogens with zero attached hydrogens (tertiary/aromatic N) is 5. The van der Waals surface area contributed by atoms with Crippen molar-refractivity contribution in [1.82, 2.24) is 23.8 Å². The molecule has 0 amide bonds. The highest BCUT2D eigenvalue weighted by molar-refractivity contribution is 5.77. The van der Waals surface area contributed by atoms with Crippen LogP contribution >= 0.6 is 0 Å². The topological polar surface area (TPSA) is 55.4 Å². The third kappa shape index (κ3) is 2.79. The second kappa shape index (κ2) is 6.53. The lowest BCUT2D eigenvalue weighted by molar-refractivity contribution is 0.232. The Labute approximate surface area is 160 Å². The van der Waals surface area contributed by atoms with Crippen molar-refractivity contribution in [2.45, 2.75) is 25.4 Å². The summed E-state index contributed by atoms with van der Waals surface area (Å²) in [6, 6.07) is 10.6. The fourth-order valence-corrected chi connectivity index (χ4v) is 4.14. The van der Waals surface area contributed by atoms with Crippen molar-refractivity contribution >= 4 is 16.6 Å². The Morgan fingerprint density at radius 2 is 2.00 bits per heavy atom. The van der Waals surface area contributed by atoms with Gasteiger partial charge in [0, 0.05) is 26.0 Å². The van der Waals surface area contributed by atoms with Crippen molar-refractivity contribution < 1.29 is 4.39 Å². The van der Waals surface area contributed by atoms with Crippen molar-refractivity contribution in [2.24, 2.45) is 7.05 Å². The van der Waals surface area contributed by atoms with Gasteiger partial charge in [0.15, 0.2) is 0 Å². The molecule has 0 bridgehead atoms.